The number of hydrogen-bond acceptors (Lipinski definition) is 4. The van der Waals surface area contributed by atoms with Crippen molar-refractivity contribution in [2.45, 2.75) is 26.9 Å². The van der Waals surface area contributed by atoms with Gasteiger partial charge in [-0.25, -0.2) is 0 Å². The molecular weight excluding hydrogens is 254 g/mol. The van der Waals surface area contributed by atoms with Crippen molar-refractivity contribution in [1.82, 2.24) is 9.78 Å². The third-order valence-electron chi connectivity index (χ3n) is 3.17. The summed E-state index contributed by atoms with van der Waals surface area (Å²) in [6.45, 7) is 5.68. The first kappa shape index (κ1) is 14.2. The van der Waals surface area contributed by atoms with Crippen LogP contribution >= 0.6 is 0 Å². The molecule has 0 spiro atoms. The summed E-state index contributed by atoms with van der Waals surface area (Å²) in [5.41, 5.74) is 2.24. The summed E-state index contributed by atoms with van der Waals surface area (Å²) in [4.78, 5) is 0. The third-order valence-corrected chi connectivity index (χ3v) is 3.17. The van der Waals surface area contributed by atoms with Gasteiger partial charge in [0.2, 0.25) is 0 Å². The van der Waals surface area contributed by atoms with Gasteiger partial charge < -0.3 is 14.8 Å². The molecule has 0 aliphatic heterocycles. The Kier molecular flexibility index (Phi) is 4.50. The van der Waals surface area contributed by atoms with Crippen LogP contribution in [0.25, 0.3) is 0 Å². The molecule has 0 unspecified atom stereocenters. The summed E-state index contributed by atoms with van der Waals surface area (Å²) in [6, 6.07) is 7.87. The normalized spacial score (nSPS) is 10.4. The Labute approximate surface area is 119 Å². The van der Waals surface area contributed by atoms with Crippen LogP contribution in [-0.2, 0) is 13.1 Å². The molecule has 5 heteroatoms. The topological polar surface area (TPSA) is 48.3 Å². The van der Waals surface area contributed by atoms with Crippen LogP contribution in [0.5, 0.6) is 11.5 Å². The highest BCUT2D eigenvalue weighted by atomic mass is 16.5. The van der Waals surface area contributed by atoms with Gasteiger partial charge in [-0.3, -0.25) is 4.68 Å². The minimum Gasteiger partial charge on any atom is -0.497 e. The van der Waals surface area contributed by atoms with E-state index in [1.54, 1.807) is 14.2 Å². The highest BCUT2D eigenvalue weighted by Gasteiger charge is 2.05. The number of hydrogen-bond donors (Lipinski definition) is 1. The van der Waals surface area contributed by atoms with E-state index in [1.807, 2.05) is 28.9 Å². The lowest BCUT2D eigenvalue weighted by Crippen LogP contribution is -2.03. The Morgan fingerprint density at radius 1 is 1.10 bits per heavy atom. The molecule has 0 radical (unpaired) electrons. The molecule has 0 atom stereocenters. The van der Waals surface area contributed by atoms with Crippen LogP contribution in [0.1, 0.15) is 18.2 Å². The predicted molar refractivity (Wildman–Crippen MR) is 79.5 cm³/mol. The average Bonchev–Trinajstić information content (AvgIpc) is 2.84. The van der Waals surface area contributed by atoms with Gasteiger partial charge in [0, 0.05) is 30.9 Å². The summed E-state index contributed by atoms with van der Waals surface area (Å²) in [5, 5.41) is 7.79. The second-order valence-electron chi connectivity index (χ2n) is 4.56. The van der Waals surface area contributed by atoms with Gasteiger partial charge in [-0.05, 0) is 31.5 Å². The van der Waals surface area contributed by atoms with E-state index in [4.69, 9.17) is 9.47 Å². The molecule has 0 aliphatic rings. The van der Waals surface area contributed by atoms with E-state index in [2.05, 4.69) is 24.3 Å². The van der Waals surface area contributed by atoms with E-state index in [9.17, 15) is 0 Å². The minimum absolute atomic E-state index is 0.674. The lowest BCUT2D eigenvalue weighted by atomic mass is 10.2. The Hall–Kier alpha value is -2.17. The maximum absolute atomic E-state index is 5.26. The Balaban J connectivity index is 2.09. The molecule has 0 saturated carbocycles. The lowest BCUT2D eigenvalue weighted by molar-refractivity contribution is 0.393. The third kappa shape index (κ3) is 3.23. The molecule has 0 amide bonds. The molecule has 1 N–H and O–H groups in total. The van der Waals surface area contributed by atoms with Gasteiger partial charge in [-0.15, -0.1) is 0 Å². The number of aromatic nitrogens is 2. The molecule has 0 bridgehead atoms. The second-order valence-corrected chi connectivity index (χ2v) is 4.56. The fraction of sp³-hybridized carbons (Fsp3) is 0.400. The average molecular weight is 275 g/mol. The quantitative estimate of drug-likeness (QED) is 0.880. The molecule has 1 heterocycles. The van der Waals surface area contributed by atoms with Crippen molar-refractivity contribution in [2.75, 3.05) is 19.5 Å². The number of benzene rings is 1. The molecule has 5 nitrogen and oxygen atoms in total. The van der Waals surface area contributed by atoms with E-state index >= 15 is 0 Å². The molecule has 0 aliphatic carbocycles. The van der Waals surface area contributed by atoms with Crippen molar-refractivity contribution in [3.63, 3.8) is 0 Å². The zero-order chi connectivity index (χ0) is 14.5. The second kappa shape index (κ2) is 6.32. The van der Waals surface area contributed by atoms with E-state index < -0.39 is 0 Å². The first-order valence-corrected chi connectivity index (χ1v) is 6.66. The summed E-state index contributed by atoms with van der Waals surface area (Å²) in [7, 11) is 3.30. The first-order chi connectivity index (χ1) is 9.66. The molecule has 0 fully saturated rings. The standard InChI is InChI=1S/C15H21N3O2/c1-5-18-11(2)6-15(17-18)16-10-12-7-13(19-3)9-14(8-12)20-4/h6-9H,5,10H2,1-4H3,(H,16,17). The molecule has 0 saturated heterocycles. The monoisotopic (exact) mass is 275 g/mol. The first-order valence-electron chi connectivity index (χ1n) is 6.66. The predicted octanol–water partition coefficient (Wildman–Crippen LogP) is 2.84. The Morgan fingerprint density at radius 2 is 1.75 bits per heavy atom. The summed E-state index contributed by atoms with van der Waals surface area (Å²) in [6.07, 6.45) is 0. The van der Waals surface area contributed by atoms with Crippen LogP contribution in [0, 0.1) is 6.92 Å². The Morgan fingerprint density at radius 3 is 2.25 bits per heavy atom. The fourth-order valence-electron chi connectivity index (χ4n) is 2.08. The van der Waals surface area contributed by atoms with Crippen molar-refractivity contribution in [3.05, 3.63) is 35.5 Å². The number of aryl methyl sites for hydroxylation is 2. The highest BCUT2D eigenvalue weighted by Crippen LogP contribution is 2.23. The molecule has 108 valence electrons. The lowest BCUT2D eigenvalue weighted by Gasteiger charge is -2.09. The van der Waals surface area contributed by atoms with Crippen LogP contribution < -0.4 is 14.8 Å². The molecule has 2 rings (SSSR count). The summed E-state index contributed by atoms with van der Waals surface area (Å²) >= 11 is 0. The van der Waals surface area contributed by atoms with Gasteiger partial charge in [0.1, 0.15) is 17.3 Å². The molecule has 1 aromatic carbocycles. The number of nitrogens with one attached hydrogen (secondary N) is 1. The van der Waals surface area contributed by atoms with Gasteiger partial charge >= 0.3 is 0 Å². The molecule has 1 aromatic heterocycles. The number of rotatable bonds is 6. The van der Waals surface area contributed by atoms with Crippen molar-refractivity contribution in [2.24, 2.45) is 0 Å². The van der Waals surface area contributed by atoms with Crippen molar-refractivity contribution in [3.8, 4) is 11.5 Å². The number of methoxy groups -OCH3 is 2. The summed E-state index contributed by atoms with van der Waals surface area (Å²) < 4.78 is 12.5. The Bertz CT molecular complexity index is 556. The zero-order valence-corrected chi connectivity index (χ0v) is 12.4. The summed E-state index contributed by atoms with van der Waals surface area (Å²) in [5.74, 6) is 2.46. The largest absolute Gasteiger partial charge is 0.497 e. The highest BCUT2D eigenvalue weighted by molar-refractivity contribution is 5.42. The number of nitrogens with zero attached hydrogens (tertiary/aromatic N) is 2. The SMILES string of the molecule is CCn1nc(NCc2cc(OC)cc(OC)c2)cc1C. The molecular formula is C15H21N3O2. The maximum atomic E-state index is 5.26. The van der Waals surface area contributed by atoms with E-state index in [1.165, 1.54) is 0 Å². The van der Waals surface area contributed by atoms with Crippen molar-refractivity contribution >= 4 is 5.82 Å². The number of anilines is 1. The van der Waals surface area contributed by atoms with E-state index in [0.717, 1.165) is 35.1 Å². The van der Waals surface area contributed by atoms with E-state index in [0.29, 0.717) is 6.54 Å². The molecule has 20 heavy (non-hydrogen) atoms. The van der Waals surface area contributed by atoms with Crippen LogP contribution in [0.4, 0.5) is 5.82 Å². The van der Waals surface area contributed by atoms with Gasteiger partial charge in [0.05, 0.1) is 14.2 Å². The van der Waals surface area contributed by atoms with Crippen LogP contribution in [0.15, 0.2) is 24.3 Å². The smallest absolute Gasteiger partial charge is 0.148 e. The van der Waals surface area contributed by atoms with Crippen molar-refractivity contribution in [1.29, 1.82) is 0 Å². The fourth-order valence-corrected chi connectivity index (χ4v) is 2.08. The van der Waals surface area contributed by atoms with Crippen LogP contribution in [0.3, 0.4) is 0 Å². The van der Waals surface area contributed by atoms with Gasteiger partial charge in [0.25, 0.3) is 0 Å². The molecule has 2 aromatic rings. The number of ether oxygens (including phenoxy) is 2. The van der Waals surface area contributed by atoms with Gasteiger partial charge in [0.15, 0.2) is 0 Å². The zero-order valence-electron chi connectivity index (χ0n) is 12.4. The maximum Gasteiger partial charge on any atom is 0.148 e. The van der Waals surface area contributed by atoms with Crippen LogP contribution in [-0.4, -0.2) is 24.0 Å². The van der Waals surface area contributed by atoms with Gasteiger partial charge in [-0.2, -0.15) is 5.10 Å². The minimum atomic E-state index is 0.674. The van der Waals surface area contributed by atoms with E-state index in [-0.39, 0.29) is 0 Å². The van der Waals surface area contributed by atoms with Gasteiger partial charge in [-0.1, -0.05) is 0 Å². The van der Waals surface area contributed by atoms with Crippen molar-refractivity contribution < 1.29 is 9.47 Å². The van der Waals surface area contributed by atoms with Crippen LogP contribution in [0.2, 0.25) is 0 Å².